The van der Waals surface area contributed by atoms with E-state index in [2.05, 4.69) is 0 Å². The molecule has 0 atom stereocenters. The van der Waals surface area contributed by atoms with Crippen LogP contribution in [0.5, 0.6) is 0 Å². The molecule has 0 aromatic heterocycles. The Kier molecular flexibility index (Phi) is 2.27. The normalized spacial score (nSPS) is 11.6. The number of carboxylic acid groups (broad SMARTS) is 1. The van der Waals surface area contributed by atoms with Gasteiger partial charge in [-0.1, -0.05) is 0 Å². The van der Waals surface area contributed by atoms with Crippen LogP contribution in [0.15, 0.2) is 11.3 Å². The molecule has 0 saturated carbocycles. The summed E-state index contributed by atoms with van der Waals surface area (Å²) in [5.74, 6) is -1.87. The zero-order valence-electron chi connectivity index (χ0n) is 4.75. The number of carbonyl (C=O) groups is 1. The van der Waals surface area contributed by atoms with Crippen LogP contribution >= 0.6 is 0 Å². The van der Waals surface area contributed by atoms with Crippen LogP contribution in [0.3, 0.4) is 0 Å². The molecule has 4 heteroatoms. The van der Waals surface area contributed by atoms with Gasteiger partial charge in [-0.15, -0.1) is 0 Å². The van der Waals surface area contributed by atoms with E-state index in [1.54, 1.807) is 0 Å². The third-order valence-electron chi connectivity index (χ3n) is 0.687. The average molecular weight is 127 g/mol. The lowest BCUT2D eigenvalue weighted by molar-refractivity contribution is -0.132. The Balaban J connectivity index is 4.62. The summed E-state index contributed by atoms with van der Waals surface area (Å²) < 4.78 is 0. The summed E-state index contributed by atoms with van der Waals surface area (Å²) in [7, 11) is 0. The van der Waals surface area contributed by atoms with Crippen molar-refractivity contribution in [3.8, 4) is 6.07 Å². The van der Waals surface area contributed by atoms with Gasteiger partial charge in [-0.25, -0.2) is 4.79 Å². The minimum atomic E-state index is -1.41. The first-order chi connectivity index (χ1) is 4.09. The van der Waals surface area contributed by atoms with Crippen molar-refractivity contribution >= 4 is 5.97 Å². The van der Waals surface area contributed by atoms with Crippen molar-refractivity contribution in [3.63, 3.8) is 0 Å². The quantitative estimate of drug-likeness (QED) is 0.304. The smallest absolute Gasteiger partial charge is 0.349 e. The molecule has 0 spiro atoms. The average Bonchev–Trinajstić information content (AvgIpc) is 1.64. The van der Waals surface area contributed by atoms with Crippen molar-refractivity contribution in [2.45, 2.75) is 6.92 Å². The molecule has 0 heterocycles. The minimum absolute atomic E-state index is 0.468. The molecule has 9 heavy (non-hydrogen) atoms. The van der Waals surface area contributed by atoms with Crippen molar-refractivity contribution in [3.05, 3.63) is 11.3 Å². The van der Waals surface area contributed by atoms with Gasteiger partial charge < -0.3 is 10.2 Å². The summed E-state index contributed by atoms with van der Waals surface area (Å²) in [4.78, 5) is 9.93. The number of aliphatic carboxylic acids is 1. The minimum Gasteiger partial charge on any atom is -0.511 e. The molecule has 0 aromatic carbocycles. The van der Waals surface area contributed by atoms with Crippen molar-refractivity contribution in [1.29, 1.82) is 5.26 Å². The Bertz CT molecular complexity index is 195. The topological polar surface area (TPSA) is 81.3 Å². The standard InChI is InChI=1S/C5H5NO3/c1-3(7)4(2-6)5(8)9/h7H,1H3,(H,8,9). The lowest BCUT2D eigenvalue weighted by atomic mass is 10.3. The first-order valence-corrected chi connectivity index (χ1v) is 2.12. The molecule has 0 amide bonds. The number of nitrogens with zero attached hydrogens (tertiary/aromatic N) is 1. The molecule has 0 aliphatic heterocycles. The zero-order chi connectivity index (χ0) is 7.44. The van der Waals surface area contributed by atoms with Crippen molar-refractivity contribution in [2.75, 3.05) is 0 Å². The molecule has 0 fully saturated rings. The Morgan fingerprint density at radius 3 is 2.00 bits per heavy atom. The van der Waals surface area contributed by atoms with E-state index in [4.69, 9.17) is 15.5 Å². The Labute approximate surface area is 51.7 Å². The van der Waals surface area contributed by atoms with Gasteiger partial charge in [0.2, 0.25) is 0 Å². The van der Waals surface area contributed by atoms with Gasteiger partial charge in [0, 0.05) is 0 Å². The van der Waals surface area contributed by atoms with Gasteiger partial charge in [0.1, 0.15) is 11.8 Å². The summed E-state index contributed by atoms with van der Waals surface area (Å²) in [5.41, 5.74) is -0.616. The lowest BCUT2D eigenvalue weighted by Crippen LogP contribution is -2.00. The van der Waals surface area contributed by atoms with Crippen LogP contribution in [0.1, 0.15) is 6.92 Å². The molecule has 0 aliphatic carbocycles. The van der Waals surface area contributed by atoms with Crippen LogP contribution in [-0.2, 0) is 4.79 Å². The fraction of sp³-hybridized carbons (Fsp3) is 0.200. The highest BCUT2D eigenvalue weighted by Gasteiger charge is 2.08. The van der Waals surface area contributed by atoms with Crippen LogP contribution in [0.4, 0.5) is 0 Å². The molecular weight excluding hydrogens is 122 g/mol. The van der Waals surface area contributed by atoms with Crippen molar-refractivity contribution in [1.82, 2.24) is 0 Å². The van der Waals surface area contributed by atoms with Gasteiger partial charge in [-0.2, -0.15) is 5.26 Å². The van der Waals surface area contributed by atoms with E-state index in [0.717, 1.165) is 6.92 Å². The van der Waals surface area contributed by atoms with Gasteiger partial charge in [0.15, 0.2) is 5.57 Å². The summed E-state index contributed by atoms with van der Waals surface area (Å²) in [5, 5.41) is 24.6. The summed E-state index contributed by atoms with van der Waals surface area (Å²) in [6.07, 6.45) is 0. The third-order valence-corrected chi connectivity index (χ3v) is 0.687. The number of aliphatic hydroxyl groups excluding tert-OH is 1. The molecule has 4 nitrogen and oxygen atoms in total. The highest BCUT2D eigenvalue weighted by Crippen LogP contribution is 1.97. The molecule has 0 aliphatic rings. The number of allylic oxidation sites excluding steroid dienone is 1. The fourth-order valence-corrected chi connectivity index (χ4v) is 0.283. The summed E-state index contributed by atoms with van der Waals surface area (Å²) in [6, 6.07) is 1.33. The predicted octanol–water partition coefficient (Wildman–Crippen LogP) is 0.427. The maximum Gasteiger partial charge on any atom is 0.349 e. The number of hydrogen-bond donors (Lipinski definition) is 2. The highest BCUT2D eigenvalue weighted by atomic mass is 16.4. The van der Waals surface area contributed by atoms with Crippen LogP contribution < -0.4 is 0 Å². The molecule has 0 bridgehead atoms. The number of carboxylic acids is 1. The maximum absolute atomic E-state index is 9.93. The molecule has 0 aromatic rings. The number of nitriles is 1. The van der Waals surface area contributed by atoms with E-state index in [0.29, 0.717) is 0 Å². The second kappa shape index (κ2) is 2.72. The van der Waals surface area contributed by atoms with E-state index in [-0.39, 0.29) is 0 Å². The summed E-state index contributed by atoms with van der Waals surface area (Å²) >= 11 is 0. The molecule has 0 radical (unpaired) electrons. The van der Waals surface area contributed by atoms with Crippen LogP contribution in [0.25, 0.3) is 0 Å². The first kappa shape index (κ1) is 7.50. The van der Waals surface area contributed by atoms with Crippen LogP contribution in [0, 0.1) is 11.3 Å². The third kappa shape index (κ3) is 1.82. The maximum atomic E-state index is 9.93. The number of aliphatic hydroxyl groups is 1. The SMILES string of the molecule is CC(O)=C(C#N)C(=O)O. The first-order valence-electron chi connectivity index (χ1n) is 2.12. The van der Waals surface area contributed by atoms with E-state index in [1.165, 1.54) is 6.07 Å². The second-order valence-corrected chi connectivity index (χ2v) is 1.38. The van der Waals surface area contributed by atoms with E-state index in [9.17, 15) is 4.79 Å². The Hall–Kier alpha value is -1.50. The van der Waals surface area contributed by atoms with Crippen molar-refractivity contribution < 1.29 is 15.0 Å². The van der Waals surface area contributed by atoms with Gasteiger partial charge in [-0.3, -0.25) is 0 Å². The van der Waals surface area contributed by atoms with E-state index < -0.39 is 17.3 Å². The predicted molar refractivity (Wildman–Crippen MR) is 28.6 cm³/mol. The van der Waals surface area contributed by atoms with E-state index >= 15 is 0 Å². The van der Waals surface area contributed by atoms with E-state index in [1.807, 2.05) is 0 Å². The highest BCUT2D eigenvalue weighted by molar-refractivity contribution is 5.91. The molecule has 48 valence electrons. The zero-order valence-corrected chi connectivity index (χ0v) is 4.75. The van der Waals surface area contributed by atoms with Gasteiger partial charge in [0.05, 0.1) is 0 Å². The Morgan fingerprint density at radius 1 is 1.56 bits per heavy atom. The lowest BCUT2D eigenvalue weighted by Gasteiger charge is -1.88. The Morgan fingerprint density at radius 2 is 2.00 bits per heavy atom. The summed E-state index contributed by atoms with van der Waals surface area (Å²) in [6.45, 7) is 1.15. The number of hydrogen-bond acceptors (Lipinski definition) is 3. The molecule has 2 N–H and O–H groups in total. The van der Waals surface area contributed by atoms with Crippen LogP contribution in [0.2, 0.25) is 0 Å². The second-order valence-electron chi connectivity index (χ2n) is 1.38. The van der Waals surface area contributed by atoms with Gasteiger partial charge >= 0.3 is 5.97 Å². The van der Waals surface area contributed by atoms with Crippen molar-refractivity contribution in [2.24, 2.45) is 0 Å². The molecule has 0 rings (SSSR count). The van der Waals surface area contributed by atoms with Gasteiger partial charge in [0.25, 0.3) is 0 Å². The van der Waals surface area contributed by atoms with Gasteiger partial charge in [-0.05, 0) is 6.92 Å². The fourth-order valence-electron chi connectivity index (χ4n) is 0.283. The van der Waals surface area contributed by atoms with Crippen LogP contribution in [-0.4, -0.2) is 16.2 Å². The monoisotopic (exact) mass is 127 g/mol. The molecular formula is C5H5NO3. The largest absolute Gasteiger partial charge is 0.511 e. The number of rotatable bonds is 1. The molecule has 0 saturated heterocycles. The molecule has 0 unspecified atom stereocenters.